The first kappa shape index (κ1) is 12.6. The molecule has 0 radical (unpaired) electrons. The smallest absolute Gasteiger partial charge is 0.0436 e. The Kier molecular flexibility index (Phi) is 8.85. The topological polar surface area (TPSA) is 29.5 Å². The van der Waals surface area contributed by atoms with Gasteiger partial charge in [0.05, 0.1) is 0 Å². The van der Waals surface area contributed by atoms with Crippen molar-refractivity contribution >= 4 is 0 Å². The zero-order valence-electron chi connectivity index (χ0n) is 7.77. The Morgan fingerprint density at radius 3 is 1.50 bits per heavy atom. The Hall–Kier alpha value is -0.0800. The predicted molar refractivity (Wildman–Crippen MR) is 44.1 cm³/mol. The van der Waals surface area contributed by atoms with Gasteiger partial charge in [0.2, 0.25) is 0 Å². The van der Waals surface area contributed by atoms with Crippen molar-refractivity contribution in [3.8, 4) is 0 Å². The lowest BCUT2D eigenvalue weighted by molar-refractivity contribution is 0.225. The summed E-state index contributed by atoms with van der Waals surface area (Å²) < 4.78 is 4.25. The Balaban J connectivity index is 0. The Bertz CT molecular complexity index is 54.8. The van der Waals surface area contributed by atoms with E-state index in [2.05, 4.69) is 25.5 Å². The number of methoxy groups -OCH3 is 1. The highest BCUT2D eigenvalue weighted by atomic mass is 16.4. The number of hydrogen-bond acceptors (Lipinski definition) is 2. The van der Waals surface area contributed by atoms with E-state index in [4.69, 9.17) is 5.11 Å². The minimum Gasteiger partial charge on any atom is -0.396 e. The highest BCUT2D eigenvalue weighted by molar-refractivity contribution is 4.58. The van der Waals surface area contributed by atoms with Crippen LogP contribution in [0.4, 0.5) is 0 Å². The maximum atomic E-state index is 8.40. The van der Waals surface area contributed by atoms with E-state index in [9.17, 15) is 0 Å². The van der Waals surface area contributed by atoms with Gasteiger partial charge in [0.1, 0.15) is 0 Å². The number of aliphatic hydroxyl groups excluding tert-OH is 1. The number of aliphatic hydroxyl groups is 1. The van der Waals surface area contributed by atoms with Gasteiger partial charge in [-0.2, -0.15) is 0 Å². The minimum atomic E-state index is 0.300. The molecule has 0 spiro atoms. The third-order valence-electron chi connectivity index (χ3n) is 0.862. The summed E-state index contributed by atoms with van der Waals surface area (Å²) in [7, 11) is 3.25. The molecule has 64 valence electrons. The lowest BCUT2D eigenvalue weighted by atomic mass is 9.93. The summed E-state index contributed by atoms with van der Waals surface area (Å²) in [5, 5.41) is 8.40. The van der Waals surface area contributed by atoms with E-state index in [-0.39, 0.29) is 0 Å². The zero-order valence-corrected chi connectivity index (χ0v) is 7.77. The van der Waals surface area contributed by atoms with Gasteiger partial charge in [0.15, 0.2) is 0 Å². The molecule has 0 amide bonds. The van der Waals surface area contributed by atoms with E-state index in [1.54, 1.807) is 14.2 Å². The lowest BCUT2D eigenvalue weighted by Gasteiger charge is -2.14. The lowest BCUT2D eigenvalue weighted by Crippen LogP contribution is -2.06. The first-order chi connectivity index (χ1) is 4.47. The molecule has 0 aliphatic carbocycles. The van der Waals surface area contributed by atoms with Crippen LogP contribution in [0, 0.1) is 5.41 Å². The fraction of sp³-hybridized carbons (Fsp3) is 1.00. The van der Waals surface area contributed by atoms with Crippen molar-refractivity contribution < 1.29 is 9.84 Å². The summed E-state index contributed by atoms with van der Waals surface area (Å²) in [6.45, 7) is 6.65. The second kappa shape index (κ2) is 7.03. The fourth-order valence-corrected chi connectivity index (χ4v) is 0.335. The van der Waals surface area contributed by atoms with E-state index in [1.165, 1.54) is 0 Å². The van der Waals surface area contributed by atoms with Gasteiger partial charge in [-0.3, -0.25) is 0 Å². The van der Waals surface area contributed by atoms with Crippen LogP contribution in [0.2, 0.25) is 0 Å². The van der Waals surface area contributed by atoms with Gasteiger partial charge in [0, 0.05) is 20.8 Å². The van der Waals surface area contributed by atoms with Crippen LogP contribution >= 0.6 is 0 Å². The molecule has 1 N–H and O–H groups in total. The normalized spacial score (nSPS) is 10.2. The highest BCUT2D eigenvalue weighted by Crippen LogP contribution is 2.16. The van der Waals surface area contributed by atoms with Crippen LogP contribution in [0.5, 0.6) is 0 Å². The van der Waals surface area contributed by atoms with Gasteiger partial charge in [-0.25, -0.2) is 0 Å². The van der Waals surface area contributed by atoms with Gasteiger partial charge in [0.25, 0.3) is 0 Å². The quantitative estimate of drug-likeness (QED) is 0.613. The zero-order chi connectivity index (χ0) is 8.62. The van der Waals surface area contributed by atoms with Crippen LogP contribution in [0.25, 0.3) is 0 Å². The van der Waals surface area contributed by atoms with E-state index in [0.717, 1.165) is 6.42 Å². The third-order valence-corrected chi connectivity index (χ3v) is 0.862. The van der Waals surface area contributed by atoms with Gasteiger partial charge in [-0.15, -0.1) is 0 Å². The van der Waals surface area contributed by atoms with E-state index in [0.29, 0.717) is 12.0 Å². The standard InChI is InChI=1S/C6H14O.C2H6O/c1-6(2,3)4-5-7;1-3-2/h7H,4-5H2,1-3H3;1-2H3. The molecule has 0 bridgehead atoms. The molecule has 0 aromatic carbocycles. The van der Waals surface area contributed by atoms with Crippen LogP contribution in [0.15, 0.2) is 0 Å². The van der Waals surface area contributed by atoms with Crippen LogP contribution in [-0.2, 0) is 4.74 Å². The SMILES string of the molecule is CC(C)(C)CCO.COC. The first-order valence-corrected chi connectivity index (χ1v) is 3.49. The highest BCUT2D eigenvalue weighted by Gasteiger charge is 2.06. The summed E-state index contributed by atoms with van der Waals surface area (Å²) >= 11 is 0. The molecule has 0 aliphatic heterocycles. The Morgan fingerprint density at radius 1 is 1.20 bits per heavy atom. The number of ether oxygens (including phenoxy) is 1. The molecule has 0 aromatic rings. The summed E-state index contributed by atoms with van der Waals surface area (Å²) in [5.41, 5.74) is 0.300. The molecule has 0 saturated heterocycles. The molecule has 0 saturated carbocycles. The fourth-order valence-electron chi connectivity index (χ4n) is 0.335. The van der Waals surface area contributed by atoms with E-state index in [1.807, 2.05) is 0 Å². The van der Waals surface area contributed by atoms with Crippen molar-refractivity contribution in [3.63, 3.8) is 0 Å². The van der Waals surface area contributed by atoms with Crippen LogP contribution in [0.1, 0.15) is 27.2 Å². The Morgan fingerprint density at radius 2 is 1.50 bits per heavy atom. The molecule has 0 unspecified atom stereocenters. The second-order valence-electron chi connectivity index (χ2n) is 3.44. The predicted octanol–water partition coefficient (Wildman–Crippen LogP) is 1.68. The van der Waals surface area contributed by atoms with Crippen molar-refractivity contribution in [2.24, 2.45) is 5.41 Å². The molecule has 0 heterocycles. The molecule has 10 heavy (non-hydrogen) atoms. The average Bonchev–Trinajstić information content (AvgIpc) is 1.63. The molecule has 2 heteroatoms. The minimum absolute atomic E-state index is 0.300. The Labute approximate surface area is 64.2 Å². The summed E-state index contributed by atoms with van der Waals surface area (Å²) in [5.74, 6) is 0. The second-order valence-corrected chi connectivity index (χ2v) is 3.44. The number of rotatable bonds is 1. The first-order valence-electron chi connectivity index (χ1n) is 3.49. The molecular formula is C8H20O2. The third kappa shape index (κ3) is 24.7. The van der Waals surface area contributed by atoms with Gasteiger partial charge < -0.3 is 9.84 Å². The summed E-state index contributed by atoms with van der Waals surface area (Å²) in [4.78, 5) is 0. The molecule has 0 aliphatic rings. The molecule has 0 atom stereocenters. The van der Waals surface area contributed by atoms with Crippen molar-refractivity contribution in [1.82, 2.24) is 0 Å². The molecule has 0 aromatic heterocycles. The van der Waals surface area contributed by atoms with Crippen molar-refractivity contribution in [2.45, 2.75) is 27.2 Å². The van der Waals surface area contributed by atoms with Crippen molar-refractivity contribution in [1.29, 1.82) is 0 Å². The maximum Gasteiger partial charge on any atom is 0.0436 e. The van der Waals surface area contributed by atoms with Crippen LogP contribution < -0.4 is 0 Å². The molecule has 2 nitrogen and oxygen atoms in total. The van der Waals surface area contributed by atoms with Crippen LogP contribution in [0.3, 0.4) is 0 Å². The van der Waals surface area contributed by atoms with Crippen molar-refractivity contribution in [3.05, 3.63) is 0 Å². The summed E-state index contributed by atoms with van der Waals surface area (Å²) in [6, 6.07) is 0. The maximum absolute atomic E-state index is 8.40. The van der Waals surface area contributed by atoms with Gasteiger partial charge >= 0.3 is 0 Å². The molecular weight excluding hydrogens is 128 g/mol. The number of hydrogen-bond donors (Lipinski definition) is 1. The largest absolute Gasteiger partial charge is 0.396 e. The monoisotopic (exact) mass is 148 g/mol. The van der Waals surface area contributed by atoms with Gasteiger partial charge in [-0.1, -0.05) is 20.8 Å². The van der Waals surface area contributed by atoms with E-state index >= 15 is 0 Å². The molecule has 0 rings (SSSR count). The van der Waals surface area contributed by atoms with Crippen LogP contribution in [-0.4, -0.2) is 25.9 Å². The van der Waals surface area contributed by atoms with Gasteiger partial charge in [-0.05, 0) is 11.8 Å². The summed E-state index contributed by atoms with van der Waals surface area (Å²) in [6.07, 6.45) is 0.896. The van der Waals surface area contributed by atoms with E-state index < -0.39 is 0 Å². The van der Waals surface area contributed by atoms with Crippen molar-refractivity contribution in [2.75, 3.05) is 20.8 Å². The average molecular weight is 148 g/mol. The molecule has 0 fully saturated rings.